The average Bonchev–Trinajstić information content (AvgIpc) is 2.47. The Balaban J connectivity index is 2.70. The van der Waals surface area contributed by atoms with Crippen molar-refractivity contribution in [2.45, 2.75) is 19.8 Å². The van der Waals surface area contributed by atoms with Crippen LogP contribution in [0.25, 0.3) is 11.0 Å². The average molecular weight is 160 g/mol. The third-order valence-corrected chi connectivity index (χ3v) is 2.11. The lowest BCUT2D eigenvalue weighted by molar-refractivity contribution is 0.875. The van der Waals surface area contributed by atoms with Crippen molar-refractivity contribution in [2.75, 3.05) is 0 Å². The number of fused-ring (bicyclic) bond motifs is 1. The lowest BCUT2D eigenvalue weighted by Gasteiger charge is -2.00. The van der Waals surface area contributed by atoms with Crippen molar-refractivity contribution in [1.82, 2.24) is 9.97 Å². The molecule has 0 aliphatic carbocycles. The molecular weight excluding hydrogens is 148 g/mol. The van der Waals surface area contributed by atoms with Crippen LogP contribution in [0.5, 0.6) is 0 Å². The normalized spacial score (nSPS) is 11.2. The van der Waals surface area contributed by atoms with Gasteiger partial charge >= 0.3 is 0 Å². The second kappa shape index (κ2) is 2.63. The largest absolute Gasteiger partial charge is 0.346 e. The summed E-state index contributed by atoms with van der Waals surface area (Å²) < 4.78 is 0. The molecule has 1 N–H and O–H groups in total. The predicted octanol–water partition coefficient (Wildman–Crippen LogP) is 2.69. The van der Waals surface area contributed by atoms with Gasteiger partial charge in [-0.2, -0.15) is 0 Å². The van der Waals surface area contributed by atoms with Crippen molar-refractivity contribution in [3.05, 3.63) is 30.1 Å². The van der Waals surface area contributed by atoms with Crippen molar-refractivity contribution < 1.29 is 0 Å². The first-order chi connectivity index (χ1) is 5.79. The lowest BCUT2D eigenvalue weighted by Crippen LogP contribution is -1.83. The van der Waals surface area contributed by atoms with Crippen LogP contribution in [0.1, 0.15) is 25.3 Å². The quantitative estimate of drug-likeness (QED) is 0.682. The van der Waals surface area contributed by atoms with E-state index in [1.807, 2.05) is 18.5 Å². The number of hydrogen-bond donors (Lipinski definition) is 1. The number of nitrogens with zero attached hydrogens (tertiary/aromatic N) is 1. The Hall–Kier alpha value is -1.31. The zero-order chi connectivity index (χ0) is 8.55. The van der Waals surface area contributed by atoms with Gasteiger partial charge in [-0.3, -0.25) is 0 Å². The topological polar surface area (TPSA) is 28.7 Å². The van der Waals surface area contributed by atoms with Crippen LogP contribution in [0.4, 0.5) is 0 Å². The molecule has 0 radical (unpaired) electrons. The first-order valence-corrected chi connectivity index (χ1v) is 4.21. The van der Waals surface area contributed by atoms with E-state index in [0.29, 0.717) is 5.92 Å². The van der Waals surface area contributed by atoms with Crippen LogP contribution >= 0.6 is 0 Å². The molecule has 2 rings (SSSR count). The highest BCUT2D eigenvalue weighted by molar-refractivity contribution is 5.79. The molecule has 0 fully saturated rings. The van der Waals surface area contributed by atoms with E-state index in [-0.39, 0.29) is 0 Å². The number of H-pyrrole nitrogens is 1. The molecule has 0 spiro atoms. The molecule has 0 aromatic carbocycles. The van der Waals surface area contributed by atoms with Gasteiger partial charge in [-0.25, -0.2) is 4.98 Å². The molecule has 0 bridgehead atoms. The van der Waals surface area contributed by atoms with E-state index in [1.165, 1.54) is 10.9 Å². The summed E-state index contributed by atoms with van der Waals surface area (Å²) in [4.78, 5) is 7.39. The fourth-order valence-corrected chi connectivity index (χ4v) is 1.45. The van der Waals surface area contributed by atoms with E-state index in [1.54, 1.807) is 0 Å². The number of aromatic amines is 1. The number of aromatic nitrogens is 2. The van der Waals surface area contributed by atoms with Crippen LogP contribution in [0.3, 0.4) is 0 Å². The standard InChI is InChI=1S/C10H12N2/c1-7(2)9-6-12-10-8(9)4-3-5-11-10/h3-7H,1-2H3,(H,11,12). The number of nitrogens with one attached hydrogen (secondary N) is 1. The number of rotatable bonds is 1. The van der Waals surface area contributed by atoms with Crippen LogP contribution in [-0.4, -0.2) is 9.97 Å². The molecule has 2 heterocycles. The van der Waals surface area contributed by atoms with Crippen molar-refractivity contribution in [1.29, 1.82) is 0 Å². The molecule has 0 aliphatic rings. The molecule has 0 saturated heterocycles. The highest BCUT2D eigenvalue weighted by Crippen LogP contribution is 2.22. The third kappa shape index (κ3) is 0.998. The summed E-state index contributed by atoms with van der Waals surface area (Å²) in [5.41, 5.74) is 2.33. The Morgan fingerprint density at radius 1 is 1.42 bits per heavy atom. The Kier molecular flexibility index (Phi) is 1.61. The van der Waals surface area contributed by atoms with Gasteiger partial charge in [0.1, 0.15) is 5.65 Å². The molecule has 0 amide bonds. The van der Waals surface area contributed by atoms with Gasteiger partial charge in [0, 0.05) is 17.8 Å². The zero-order valence-corrected chi connectivity index (χ0v) is 7.33. The predicted molar refractivity (Wildman–Crippen MR) is 50.2 cm³/mol. The maximum atomic E-state index is 4.23. The van der Waals surface area contributed by atoms with Gasteiger partial charge in [-0.15, -0.1) is 0 Å². The van der Waals surface area contributed by atoms with E-state index in [4.69, 9.17) is 0 Å². The van der Waals surface area contributed by atoms with Gasteiger partial charge in [0.25, 0.3) is 0 Å². The lowest BCUT2D eigenvalue weighted by atomic mass is 10.0. The minimum Gasteiger partial charge on any atom is -0.346 e. The van der Waals surface area contributed by atoms with Crippen molar-refractivity contribution in [2.24, 2.45) is 0 Å². The summed E-state index contributed by atoms with van der Waals surface area (Å²) in [7, 11) is 0. The Morgan fingerprint density at radius 2 is 2.25 bits per heavy atom. The van der Waals surface area contributed by atoms with E-state index in [0.717, 1.165) is 5.65 Å². The van der Waals surface area contributed by atoms with Crippen LogP contribution in [0, 0.1) is 0 Å². The molecule has 2 aromatic heterocycles. The van der Waals surface area contributed by atoms with Gasteiger partial charge in [-0.1, -0.05) is 13.8 Å². The van der Waals surface area contributed by atoms with E-state index in [2.05, 4.69) is 29.9 Å². The van der Waals surface area contributed by atoms with Crippen LogP contribution in [0.15, 0.2) is 24.5 Å². The molecule has 62 valence electrons. The van der Waals surface area contributed by atoms with Gasteiger partial charge in [0.15, 0.2) is 0 Å². The maximum absolute atomic E-state index is 4.23. The summed E-state index contributed by atoms with van der Waals surface area (Å²) in [6.45, 7) is 4.38. The van der Waals surface area contributed by atoms with E-state index in [9.17, 15) is 0 Å². The third-order valence-electron chi connectivity index (χ3n) is 2.11. The molecule has 2 aromatic rings. The Morgan fingerprint density at radius 3 is 3.00 bits per heavy atom. The molecule has 0 aliphatic heterocycles. The molecular formula is C10H12N2. The minimum atomic E-state index is 0.558. The summed E-state index contributed by atoms with van der Waals surface area (Å²) in [5, 5.41) is 1.24. The molecule has 0 unspecified atom stereocenters. The minimum absolute atomic E-state index is 0.558. The van der Waals surface area contributed by atoms with Crippen LogP contribution in [0.2, 0.25) is 0 Å². The van der Waals surface area contributed by atoms with E-state index >= 15 is 0 Å². The summed E-state index contributed by atoms with van der Waals surface area (Å²) in [6.07, 6.45) is 3.85. The van der Waals surface area contributed by atoms with E-state index < -0.39 is 0 Å². The van der Waals surface area contributed by atoms with Crippen molar-refractivity contribution in [3.63, 3.8) is 0 Å². The monoisotopic (exact) mass is 160 g/mol. The Bertz CT molecular complexity index is 387. The van der Waals surface area contributed by atoms with Crippen molar-refractivity contribution >= 4 is 11.0 Å². The van der Waals surface area contributed by atoms with Crippen molar-refractivity contribution in [3.8, 4) is 0 Å². The van der Waals surface area contributed by atoms with Crippen LogP contribution < -0.4 is 0 Å². The number of pyridine rings is 1. The SMILES string of the molecule is CC(C)c1c[nH]c2ncccc12. The summed E-state index contributed by atoms with van der Waals surface area (Å²) in [6, 6.07) is 4.08. The van der Waals surface area contributed by atoms with Crippen LogP contribution in [-0.2, 0) is 0 Å². The second-order valence-corrected chi connectivity index (χ2v) is 3.30. The first-order valence-electron chi connectivity index (χ1n) is 4.21. The van der Waals surface area contributed by atoms with Gasteiger partial charge in [0.05, 0.1) is 0 Å². The highest BCUT2D eigenvalue weighted by Gasteiger charge is 2.05. The number of hydrogen-bond acceptors (Lipinski definition) is 1. The Labute approximate surface area is 71.6 Å². The molecule has 0 saturated carbocycles. The van der Waals surface area contributed by atoms with Gasteiger partial charge in [0.2, 0.25) is 0 Å². The smallest absolute Gasteiger partial charge is 0.137 e. The molecule has 2 nitrogen and oxygen atoms in total. The van der Waals surface area contributed by atoms with Gasteiger partial charge in [-0.05, 0) is 23.6 Å². The first kappa shape index (κ1) is 7.35. The molecule has 2 heteroatoms. The summed E-state index contributed by atoms with van der Waals surface area (Å²) >= 11 is 0. The van der Waals surface area contributed by atoms with Gasteiger partial charge < -0.3 is 4.98 Å². The molecule has 0 atom stereocenters. The highest BCUT2D eigenvalue weighted by atomic mass is 14.8. The fraction of sp³-hybridized carbons (Fsp3) is 0.300. The fourth-order valence-electron chi connectivity index (χ4n) is 1.45. The molecule has 12 heavy (non-hydrogen) atoms. The maximum Gasteiger partial charge on any atom is 0.137 e. The zero-order valence-electron chi connectivity index (χ0n) is 7.33. The second-order valence-electron chi connectivity index (χ2n) is 3.30. The summed E-state index contributed by atoms with van der Waals surface area (Å²) in [5.74, 6) is 0.558.